The number of aryl methyl sites for hydroxylation is 1. The lowest BCUT2D eigenvalue weighted by Gasteiger charge is -2.09. The fourth-order valence-electron chi connectivity index (χ4n) is 3.07. The molecule has 1 aromatic rings. The van der Waals surface area contributed by atoms with Crippen molar-refractivity contribution >= 4 is 10.1 Å². The highest BCUT2D eigenvalue weighted by Crippen LogP contribution is 2.12. The van der Waals surface area contributed by atoms with Crippen LogP contribution in [0, 0.1) is 6.92 Å². The SMILES string of the molecule is CCCCCOCCOCCOCCOCCOCCOCCOCCOCCOS(=O)(=O)c1ccc(C)cc1. The van der Waals surface area contributed by atoms with Gasteiger partial charge < -0.3 is 37.9 Å². The van der Waals surface area contributed by atoms with Gasteiger partial charge in [0, 0.05) is 6.61 Å². The van der Waals surface area contributed by atoms with Gasteiger partial charge in [0.2, 0.25) is 0 Å². The minimum Gasteiger partial charge on any atom is -0.379 e. The summed E-state index contributed by atoms with van der Waals surface area (Å²) in [4.78, 5) is 0.133. The summed E-state index contributed by atoms with van der Waals surface area (Å²) < 4.78 is 72.5. The minimum absolute atomic E-state index is 0.0521. The molecule has 0 atom stereocenters. The monoisotopic (exact) mass is 594 g/mol. The third-order valence-corrected chi connectivity index (χ3v) is 6.60. The van der Waals surface area contributed by atoms with Gasteiger partial charge in [-0.2, -0.15) is 8.42 Å². The van der Waals surface area contributed by atoms with Crippen LogP contribution in [0.2, 0.25) is 0 Å². The predicted octanol–water partition coefficient (Wildman–Crippen LogP) is 3.02. The fraction of sp³-hybridized carbons (Fsp3) is 0.786. The number of rotatable bonds is 30. The first kappa shape index (κ1) is 36.8. The Kier molecular flexibility index (Phi) is 24.6. The Morgan fingerprint density at radius 2 is 0.800 bits per heavy atom. The molecule has 0 saturated heterocycles. The summed E-state index contributed by atoms with van der Waals surface area (Å²) >= 11 is 0. The van der Waals surface area contributed by atoms with Gasteiger partial charge in [-0.3, -0.25) is 4.18 Å². The summed E-state index contributed by atoms with van der Waals surface area (Å²) in [6.45, 7) is 11.9. The number of hydrogen-bond donors (Lipinski definition) is 0. The molecule has 0 aliphatic heterocycles. The number of benzene rings is 1. The maximum Gasteiger partial charge on any atom is 0.297 e. The van der Waals surface area contributed by atoms with Crippen molar-refractivity contribution in [3.8, 4) is 0 Å². The number of ether oxygens (including phenoxy) is 8. The first-order valence-corrected chi connectivity index (χ1v) is 15.5. The summed E-state index contributed by atoms with van der Waals surface area (Å²) in [7, 11) is -3.76. The van der Waals surface area contributed by atoms with E-state index in [1.54, 1.807) is 12.1 Å². The zero-order valence-electron chi connectivity index (χ0n) is 24.4. The van der Waals surface area contributed by atoms with Crippen molar-refractivity contribution in [1.29, 1.82) is 0 Å². The molecule has 0 aromatic heterocycles. The molecule has 234 valence electrons. The second-order valence-corrected chi connectivity index (χ2v) is 10.3. The molecule has 0 aliphatic carbocycles. The molecular formula is C28H50O11S. The lowest BCUT2D eigenvalue weighted by Crippen LogP contribution is -2.15. The van der Waals surface area contributed by atoms with Gasteiger partial charge in [0.25, 0.3) is 10.1 Å². The molecule has 0 amide bonds. The van der Waals surface area contributed by atoms with E-state index in [1.807, 2.05) is 6.92 Å². The summed E-state index contributed by atoms with van der Waals surface area (Å²) in [6.07, 6.45) is 3.52. The Balaban J connectivity index is 1.72. The van der Waals surface area contributed by atoms with Crippen LogP contribution >= 0.6 is 0 Å². The largest absolute Gasteiger partial charge is 0.379 e. The second-order valence-electron chi connectivity index (χ2n) is 8.70. The molecule has 0 saturated carbocycles. The van der Waals surface area contributed by atoms with Crippen molar-refractivity contribution in [3.05, 3.63) is 29.8 Å². The number of hydrogen-bond acceptors (Lipinski definition) is 11. The first-order chi connectivity index (χ1) is 19.6. The van der Waals surface area contributed by atoms with Crippen LogP contribution in [0.5, 0.6) is 0 Å². The minimum atomic E-state index is -3.76. The molecule has 40 heavy (non-hydrogen) atoms. The van der Waals surface area contributed by atoms with Crippen molar-refractivity contribution in [2.24, 2.45) is 0 Å². The normalized spacial score (nSPS) is 11.8. The van der Waals surface area contributed by atoms with Gasteiger partial charge in [0.05, 0.1) is 111 Å². The van der Waals surface area contributed by atoms with Crippen molar-refractivity contribution < 1.29 is 50.5 Å². The van der Waals surface area contributed by atoms with Gasteiger partial charge in [-0.25, -0.2) is 0 Å². The van der Waals surface area contributed by atoms with Crippen LogP contribution in [0.25, 0.3) is 0 Å². The molecule has 0 heterocycles. The molecule has 0 fully saturated rings. The van der Waals surface area contributed by atoms with Gasteiger partial charge in [-0.15, -0.1) is 0 Å². The highest BCUT2D eigenvalue weighted by molar-refractivity contribution is 7.86. The summed E-state index contributed by atoms with van der Waals surface area (Å²) in [5, 5.41) is 0. The Morgan fingerprint density at radius 3 is 1.15 bits per heavy atom. The van der Waals surface area contributed by atoms with E-state index in [-0.39, 0.29) is 18.1 Å². The van der Waals surface area contributed by atoms with E-state index in [2.05, 4.69) is 6.92 Å². The summed E-state index contributed by atoms with van der Waals surface area (Å²) in [6, 6.07) is 6.49. The Hall–Kier alpha value is -1.19. The fourth-order valence-corrected chi connectivity index (χ4v) is 3.96. The van der Waals surface area contributed by atoms with Crippen LogP contribution in [-0.4, -0.2) is 121 Å². The lowest BCUT2D eigenvalue weighted by molar-refractivity contribution is -0.0236. The topological polar surface area (TPSA) is 117 Å². The number of unbranched alkanes of at least 4 members (excludes halogenated alkanes) is 2. The highest BCUT2D eigenvalue weighted by Gasteiger charge is 2.14. The Labute approximate surface area is 240 Å². The van der Waals surface area contributed by atoms with E-state index in [4.69, 9.17) is 42.1 Å². The van der Waals surface area contributed by atoms with E-state index in [1.165, 1.54) is 25.0 Å². The maximum atomic E-state index is 12.0. The average molecular weight is 595 g/mol. The molecular weight excluding hydrogens is 544 g/mol. The molecule has 0 bridgehead atoms. The van der Waals surface area contributed by atoms with Gasteiger partial charge in [-0.05, 0) is 25.5 Å². The molecule has 1 aromatic carbocycles. The van der Waals surface area contributed by atoms with E-state index >= 15 is 0 Å². The second kappa shape index (κ2) is 26.7. The first-order valence-electron chi connectivity index (χ1n) is 14.1. The van der Waals surface area contributed by atoms with Crippen molar-refractivity contribution in [2.45, 2.75) is 38.0 Å². The van der Waals surface area contributed by atoms with Gasteiger partial charge in [0.15, 0.2) is 0 Å². The highest BCUT2D eigenvalue weighted by atomic mass is 32.2. The third-order valence-electron chi connectivity index (χ3n) is 5.27. The molecule has 0 spiro atoms. The van der Waals surface area contributed by atoms with Crippen molar-refractivity contribution in [1.82, 2.24) is 0 Å². The molecule has 0 N–H and O–H groups in total. The van der Waals surface area contributed by atoms with Crippen LogP contribution in [0.3, 0.4) is 0 Å². The third kappa shape index (κ3) is 22.5. The standard InChI is InChI=1S/C28H50O11S/c1-3-4-5-10-31-11-12-32-13-14-33-15-16-34-17-18-35-19-20-36-21-22-37-23-24-38-25-26-39-40(29,30)28-8-6-27(2)7-9-28/h6-9H,3-5,10-26H2,1-2H3. The Bertz CT molecular complexity index is 775. The molecule has 0 radical (unpaired) electrons. The quantitative estimate of drug-likeness (QED) is 0.0966. The van der Waals surface area contributed by atoms with E-state index < -0.39 is 10.1 Å². The summed E-state index contributed by atoms with van der Waals surface area (Å²) in [5.41, 5.74) is 0.979. The zero-order valence-corrected chi connectivity index (χ0v) is 25.2. The van der Waals surface area contributed by atoms with Gasteiger partial charge in [-0.1, -0.05) is 37.5 Å². The van der Waals surface area contributed by atoms with Crippen LogP contribution in [0.4, 0.5) is 0 Å². The molecule has 0 aliphatic rings. The van der Waals surface area contributed by atoms with Crippen LogP contribution in [-0.2, 0) is 52.2 Å². The molecule has 0 unspecified atom stereocenters. The van der Waals surface area contributed by atoms with E-state index in [9.17, 15) is 8.42 Å². The van der Waals surface area contributed by atoms with E-state index in [0.717, 1.165) is 18.6 Å². The van der Waals surface area contributed by atoms with Gasteiger partial charge >= 0.3 is 0 Å². The Morgan fingerprint density at radius 1 is 0.475 bits per heavy atom. The van der Waals surface area contributed by atoms with Crippen LogP contribution in [0.15, 0.2) is 29.2 Å². The van der Waals surface area contributed by atoms with E-state index in [0.29, 0.717) is 92.5 Å². The van der Waals surface area contributed by atoms with Crippen molar-refractivity contribution in [3.63, 3.8) is 0 Å². The molecule has 11 nitrogen and oxygen atoms in total. The lowest BCUT2D eigenvalue weighted by atomic mass is 10.2. The van der Waals surface area contributed by atoms with Crippen LogP contribution in [0.1, 0.15) is 31.7 Å². The smallest absolute Gasteiger partial charge is 0.297 e. The zero-order chi connectivity index (χ0) is 29.0. The summed E-state index contributed by atoms with van der Waals surface area (Å²) in [5.74, 6) is 0. The van der Waals surface area contributed by atoms with Crippen LogP contribution < -0.4 is 0 Å². The van der Waals surface area contributed by atoms with Gasteiger partial charge in [0.1, 0.15) is 0 Å². The maximum absolute atomic E-state index is 12.0. The van der Waals surface area contributed by atoms with Crippen molar-refractivity contribution in [2.75, 3.05) is 112 Å². The average Bonchev–Trinajstić information content (AvgIpc) is 2.94. The predicted molar refractivity (Wildman–Crippen MR) is 150 cm³/mol. The molecule has 1 rings (SSSR count). The molecule has 12 heteroatoms.